The Kier molecular flexibility index (Phi) is 7.26. The van der Waals surface area contributed by atoms with Crippen LogP contribution in [-0.4, -0.2) is 17.4 Å². The van der Waals surface area contributed by atoms with Crippen LogP contribution in [0.25, 0.3) is 10.9 Å². The van der Waals surface area contributed by atoms with E-state index in [2.05, 4.69) is 24.1 Å². The lowest BCUT2D eigenvalue weighted by Gasteiger charge is -2.19. The summed E-state index contributed by atoms with van der Waals surface area (Å²) in [6.07, 6.45) is 2.28. The number of carbonyl (C=O) groups excluding carboxylic acids is 1. The smallest absolute Gasteiger partial charge is 0.220 e. The number of amides is 1. The molecule has 1 atom stereocenters. The number of H-pyrrole nitrogens is 1. The van der Waals surface area contributed by atoms with E-state index < -0.39 is 0 Å². The van der Waals surface area contributed by atoms with Crippen LogP contribution in [0.15, 0.2) is 72.9 Å². The van der Waals surface area contributed by atoms with Gasteiger partial charge >= 0.3 is 0 Å². The van der Waals surface area contributed by atoms with Gasteiger partial charge in [0.05, 0.1) is 0 Å². The lowest BCUT2D eigenvalue weighted by Crippen LogP contribution is -2.28. The molecular formula is C27H26Cl2N2O2. The molecule has 0 aliphatic heterocycles. The average molecular weight is 481 g/mol. The quantitative estimate of drug-likeness (QED) is 0.273. The fourth-order valence-electron chi connectivity index (χ4n) is 3.82. The molecule has 0 aliphatic carbocycles. The van der Waals surface area contributed by atoms with Crippen molar-refractivity contribution in [1.29, 1.82) is 0 Å². The fourth-order valence-corrected chi connectivity index (χ4v) is 4.12. The molecule has 170 valence electrons. The largest absolute Gasteiger partial charge is 0.457 e. The lowest BCUT2D eigenvalue weighted by atomic mass is 9.87. The van der Waals surface area contributed by atoms with Crippen molar-refractivity contribution in [2.24, 2.45) is 5.92 Å². The molecule has 1 heterocycles. The lowest BCUT2D eigenvalue weighted by molar-refractivity contribution is -0.121. The Labute approximate surface area is 203 Å². The highest BCUT2D eigenvalue weighted by molar-refractivity contribution is 6.31. The molecule has 4 aromatic rings. The molecule has 0 saturated carbocycles. The number of nitrogens with one attached hydrogen (secondary N) is 2. The Bertz CT molecular complexity index is 1250. The predicted molar refractivity (Wildman–Crippen MR) is 136 cm³/mol. The van der Waals surface area contributed by atoms with Gasteiger partial charge in [-0.3, -0.25) is 4.79 Å². The van der Waals surface area contributed by atoms with E-state index in [1.54, 1.807) is 12.1 Å². The number of carbonyl (C=O) groups is 1. The molecule has 0 unspecified atom stereocenters. The second-order valence-electron chi connectivity index (χ2n) is 8.52. The molecule has 0 spiro atoms. The third-order valence-electron chi connectivity index (χ3n) is 5.46. The molecule has 1 aromatic heterocycles. The molecule has 3 aromatic carbocycles. The zero-order chi connectivity index (χ0) is 23.4. The van der Waals surface area contributed by atoms with Crippen LogP contribution in [0.3, 0.4) is 0 Å². The van der Waals surface area contributed by atoms with Gasteiger partial charge in [0.15, 0.2) is 0 Å². The minimum absolute atomic E-state index is 0.00843. The van der Waals surface area contributed by atoms with Gasteiger partial charge < -0.3 is 15.0 Å². The Balaban J connectivity index is 1.68. The summed E-state index contributed by atoms with van der Waals surface area (Å²) in [5.74, 6) is 1.62. The zero-order valence-electron chi connectivity index (χ0n) is 18.6. The number of halogens is 2. The first kappa shape index (κ1) is 23.2. The molecule has 0 fully saturated rings. The summed E-state index contributed by atoms with van der Waals surface area (Å²) >= 11 is 12.3. The number of aromatic nitrogens is 1. The molecule has 0 aliphatic rings. The SMILES string of the molecule is CC(C)CNC(=O)C[C@@H](c1cccc(Oc2ccc(Cl)cc2)c1)c1c[nH]c2ccc(Cl)cc12. The molecular weight excluding hydrogens is 455 g/mol. The third-order valence-corrected chi connectivity index (χ3v) is 5.95. The van der Waals surface area contributed by atoms with E-state index in [4.69, 9.17) is 27.9 Å². The maximum absolute atomic E-state index is 12.8. The predicted octanol–water partition coefficient (Wildman–Crippen LogP) is 7.56. The molecule has 6 heteroatoms. The van der Waals surface area contributed by atoms with Gasteiger partial charge in [-0.2, -0.15) is 0 Å². The molecule has 33 heavy (non-hydrogen) atoms. The average Bonchev–Trinajstić information content (AvgIpc) is 3.20. The number of rotatable bonds is 8. The topological polar surface area (TPSA) is 54.1 Å². The maximum atomic E-state index is 12.8. The summed E-state index contributed by atoms with van der Waals surface area (Å²) in [7, 11) is 0. The molecule has 1 amide bonds. The number of ether oxygens (including phenoxy) is 1. The van der Waals surface area contributed by atoms with Gasteiger partial charge in [-0.15, -0.1) is 0 Å². The summed E-state index contributed by atoms with van der Waals surface area (Å²) in [4.78, 5) is 16.2. The van der Waals surface area contributed by atoms with Crippen molar-refractivity contribution >= 4 is 40.0 Å². The molecule has 0 saturated heterocycles. The number of hydrogen-bond donors (Lipinski definition) is 2. The highest BCUT2D eigenvalue weighted by Crippen LogP contribution is 2.36. The van der Waals surface area contributed by atoms with E-state index in [-0.39, 0.29) is 11.8 Å². The van der Waals surface area contributed by atoms with E-state index in [0.717, 1.165) is 22.0 Å². The fraction of sp³-hybridized carbons (Fsp3) is 0.222. The van der Waals surface area contributed by atoms with Crippen LogP contribution in [0.5, 0.6) is 11.5 Å². The Morgan fingerprint density at radius 1 is 0.970 bits per heavy atom. The van der Waals surface area contributed by atoms with Crippen LogP contribution >= 0.6 is 23.2 Å². The monoisotopic (exact) mass is 480 g/mol. The van der Waals surface area contributed by atoms with E-state index in [1.807, 2.05) is 60.8 Å². The van der Waals surface area contributed by atoms with Crippen molar-refractivity contribution in [2.75, 3.05) is 6.54 Å². The van der Waals surface area contributed by atoms with Crippen LogP contribution < -0.4 is 10.1 Å². The summed E-state index contributed by atoms with van der Waals surface area (Å²) in [5, 5.41) is 5.36. The minimum atomic E-state index is -0.168. The van der Waals surface area contributed by atoms with Crippen LogP contribution in [-0.2, 0) is 4.79 Å². The molecule has 0 bridgehead atoms. The van der Waals surface area contributed by atoms with E-state index in [1.165, 1.54) is 0 Å². The van der Waals surface area contributed by atoms with Crippen LogP contribution in [0.4, 0.5) is 0 Å². The van der Waals surface area contributed by atoms with Gasteiger partial charge in [0.2, 0.25) is 5.91 Å². The van der Waals surface area contributed by atoms with Gasteiger partial charge in [-0.25, -0.2) is 0 Å². The first-order chi connectivity index (χ1) is 15.9. The standard InChI is InChI=1S/C27H26Cl2N2O2/c1-17(2)15-31-27(32)14-23(25-16-30-26-11-8-20(29)13-24(25)26)18-4-3-5-22(12-18)33-21-9-6-19(28)7-10-21/h3-13,16-17,23,30H,14-15H2,1-2H3,(H,31,32)/t23-/m0/s1. The van der Waals surface area contributed by atoms with Crippen molar-refractivity contribution in [3.05, 3.63) is 94.1 Å². The first-order valence-corrected chi connectivity index (χ1v) is 11.7. The van der Waals surface area contributed by atoms with Crippen molar-refractivity contribution in [3.63, 3.8) is 0 Å². The van der Waals surface area contributed by atoms with Gasteiger partial charge in [-0.1, -0.05) is 49.2 Å². The summed E-state index contributed by atoms with van der Waals surface area (Å²) in [6, 6.07) is 20.8. The molecule has 4 rings (SSSR count). The van der Waals surface area contributed by atoms with Gasteiger partial charge in [0.25, 0.3) is 0 Å². The minimum Gasteiger partial charge on any atom is -0.457 e. The van der Waals surface area contributed by atoms with Gasteiger partial charge in [-0.05, 0) is 71.6 Å². The Morgan fingerprint density at radius 3 is 2.48 bits per heavy atom. The summed E-state index contributed by atoms with van der Waals surface area (Å²) < 4.78 is 6.04. The van der Waals surface area contributed by atoms with Gasteiger partial charge in [0.1, 0.15) is 11.5 Å². The van der Waals surface area contributed by atoms with Crippen molar-refractivity contribution < 1.29 is 9.53 Å². The highest BCUT2D eigenvalue weighted by Gasteiger charge is 2.22. The van der Waals surface area contributed by atoms with Crippen LogP contribution in [0, 0.1) is 5.92 Å². The number of hydrogen-bond acceptors (Lipinski definition) is 2. The van der Waals surface area contributed by atoms with Crippen LogP contribution in [0.1, 0.15) is 37.3 Å². The maximum Gasteiger partial charge on any atom is 0.220 e. The van der Waals surface area contributed by atoms with Crippen LogP contribution in [0.2, 0.25) is 10.0 Å². The molecule has 0 radical (unpaired) electrons. The highest BCUT2D eigenvalue weighted by atomic mass is 35.5. The zero-order valence-corrected chi connectivity index (χ0v) is 20.1. The summed E-state index contributed by atoms with van der Waals surface area (Å²) in [5.41, 5.74) is 2.99. The first-order valence-electron chi connectivity index (χ1n) is 11.0. The molecule has 2 N–H and O–H groups in total. The number of benzene rings is 3. The number of aromatic amines is 1. The second-order valence-corrected chi connectivity index (χ2v) is 9.39. The van der Waals surface area contributed by atoms with Gasteiger partial charge in [0, 0.05) is 46.0 Å². The number of fused-ring (bicyclic) bond motifs is 1. The van der Waals surface area contributed by atoms with E-state index in [0.29, 0.717) is 40.4 Å². The third kappa shape index (κ3) is 5.89. The second kappa shape index (κ2) is 10.3. The Hall–Kier alpha value is -2.95. The molecule has 4 nitrogen and oxygen atoms in total. The summed E-state index contributed by atoms with van der Waals surface area (Å²) in [6.45, 7) is 4.80. The van der Waals surface area contributed by atoms with Crippen molar-refractivity contribution in [3.8, 4) is 11.5 Å². The van der Waals surface area contributed by atoms with Crippen molar-refractivity contribution in [1.82, 2.24) is 10.3 Å². The van der Waals surface area contributed by atoms with E-state index >= 15 is 0 Å². The van der Waals surface area contributed by atoms with E-state index in [9.17, 15) is 4.79 Å². The normalized spacial score (nSPS) is 12.2. The van der Waals surface area contributed by atoms with Crippen molar-refractivity contribution in [2.45, 2.75) is 26.2 Å². The Morgan fingerprint density at radius 2 is 1.73 bits per heavy atom.